The van der Waals surface area contributed by atoms with Gasteiger partial charge in [-0.15, -0.1) is 0 Å². The van der Waals surface area contributed by atoms with Crippen LogP contribution in [0.2, 0.25) is 0 Å². The van der Waals surface area contributed by atoms with Crippen molar-refractivity contribution in [1.82, 2.24) is 0 Å². The lowest BCUT2D eigenvalue weighted by atomic mass is 9.34. The van der Waals surface area contributed by atoms with Crippen molar-refractivity contribution in [3.05, 3.63) is 11.6 Å². The zero-order valence-electron chi connectivity index (χ0n) is 22.9. The number of rotatable bonds is 3. The molecular weight excluding hydrogens is 440 g/mol. The summed E-state index contributed by atoms with van der Waals surface area (Å²) >= 11 is 0. The molecule has 3 N–H and O–H groups in total. The van der Waals surface area contributed by atoms with Gasteiger partial charge in [0.05, 0.1) is 31.3 Å². The molecule has 5 aliphatic rings. The highest BCUT2D eigenvalue weighted by Gasteiger charge is 2.71. The quantitative estimate of drug-likeness (QED) is 0.470. The lowest BCUT2D eigenvalue weighted by Gasteiger charge is -2.71. The molecule has 0 aromatic carbocycles. The monoisotopic (exact) mass is 488 g/mol. The van der Waals surface area contributed by atoms with Crippen LogP contribution in [-0.4, -0.2) is 46.7 Å². The van der Waals surface area contributed by atoms with Crippen LogP contribution in [0.25, 0.3) is 0 Å². The van der Waals surface area contributed by atoms with Crippen LogP contribution < -0.4 is 0 Å². The van der Waals surface area contributed by atoms with E-state index in [1.807, 2.05) is 0 Å². The van der Waals surface area contributed by atoms with E-state index in [9.17, 15) is 20.1 Å². The van der Waals surface area contributed by atoms with Gasteiger partial charge in [0.2, 0.25) is 0 Å². The zero-order chi connectivity index (χ0) is 25.8. The Kier molecular flexibility index (Phi) is 5.73. The first-order chi connectivity index (χ1) is 16.2. The fourth-order valence-electron chi connectivity index (χ4n) is 10.6. The highest BCUT2D eigenvalue weighted by atomic mass is 16.5. The fourth-order valence-corrected chi connectivity index (χ4v) is 10.6. The first kappa shape index (κ1) is 25.7. The molecule has 3 saturated carbocycles. The number of carbonyl (C=O) groups is 1. The van der Waals surface area contributed by atoms with Gasteiger partial charge in [0.25, 0.3) is 0 Å². The van der Waals surface area contributed by atoms with Crippen molar-refractivity contribution in [3.8, 4) is 0 Å². The minimum atomic E-state index is -0.758. The third-order valence-electron chi connectivity index (χ3n) is 13.1. The van der Waals surface area contributed by atoms with Crippen LogP contribution in [-0.2, 0) is 9.53 Å². The standard InChI is InChI=1S/C30H48O5/c1-17(2)18(3)26(4)12-13-28(6)19-8-9-22-27(5)15-35-16-30(22,14-21(31)24(27)32)20(19)10-11-29(28,7)23(26)25(33)34/h10,17-19,21-24,31-32H,8-9,11-16H2,1-7H3,(H,33,34)/t18-,19+,21-,22+,23-,24+,26-,27?,28-,29+,30+/m1/s1. The van der Waals surface area contributed by atoms with E-state index in [2.05, 4.69) is 54.5 Å². The SMILES string of the molecule is CC(C)[C@@H](C)[C@@]1(C)CC[C@]2(C)[C@H]3CC[C@H]4C5(C)COC[C@@]4(C[C@@H](O)[C@@H]5O)C3=CC[C@@]2(C)[C@@H]1C(=O)O. The Bertz CT molecular complexity index is 928. The van der Waals surface area contributed by atoms with Crippen LogP contribution in [0, 0.1) is 56.7 Å². The molecule has 1 saturated heterocycles. The predicted octanol–water partition coefficient (Wildman–Crippen LogP) is 5.30. The molecule has 0 spiro atoms. The Morgan fingerprint density at radius 2 is 1.71 bits per heavy atom. The summed E-state index contributed by atoms with van der Waals surface area (Å²) in [4.78, 5) is 13.1. The number of aliphatic hydroxyl groups excluding tert-OH is 2. The van der Waals surface area contributed by atoms with Crippen molar-refractivity contribution >= 4 is 5.97 Å². The van der Waals surface area contributed by atoms with Gasteiger partial charge in [-0.3, -0.25) is 4.79 Å². The summed E-state index contributed by atoms with van der Waals surface area (Å²) in [5.74, 6) is 0.320. The average molecular weight is 489 g/mol. The fraction of sp³-hybridized carbons (Fsp3) is 0.900. The van der Waals surface area contributed by atoms with Crippen molar-refractivity contribution < 1.29 is 24.9 Å². The van der Waals surface area contributed by atoms with Crippen molar-refractivity contribution in [3.63, 3.8) is 0 Å². The number of carboxylic acid groups (broad SMARTS) is 1. The van der Waals surface area contributed by atoms with Gasteiger partial charge in [0, 0.05) is 10.8 Å². The summed E-state index contributed by atoms with van der Waals surface area (Å²) in [6.07, 6.45) is 6.21. The molecule has 2 bridgehead atoms. The smallest absolute Gasteiger partial charge is 0.307 e. The number of hydrogen-bond donors (Lipinski definition) is 3. The molecule has 11 atom stereocenters. The molecule has 4 aliphatic carbocycles. The molecular formula is C30H48O5. The van der Waals surface area contributed by atoms with E-state index in [-0.39, 0.29) is 21.7 Å². The van der Waals surface area contributed by atoms with E-state index in [0.29, 0.717) is 43.3 Å². The number of hydrogen-bond acceptors (Lipinski definition) is 4. The van der Waals surface area contributed by atoms with E-state index in [0.717, 1.165) is 32.1 Å². The highest BCUT2D eigenvalue weighted by Crippen LogP contribution is 2.74. The summed E-state index contributed by atoms with van der Waals surface area (Å²) in [6, 6.07) is 0. The highest BCUT2D eigenvalue weighted by molar-refractivity contribution is 5.73. The second-order valence-corrected chi connectivity index (χ2v) is 14.6. The minimum Gasteiger partial charge on any atom is -0.481 e. The maximum atomic E-state index is 13.1. The average Bonchev–Trinajstić information content (AvgIpc) is 2.77. The first-order valence-electron chi connectivity index (χ1n) is 14.1. The van der Waals surface area contributed by atoms with Gasteiger partial charge >= 0.3 is 5.97 Å². The van der Waals surface area contributed by atoms with E-state index < -0.39 is 29.5 Å². The lowest BCUT2D eigenvalue weighted by Crippen LogP contribution is -2.69. The number of allylic oxidation sites excluding steroid dienone is 1. The molecule has 0 aromatic rings. The Hall–Kier alpha value is -0.910. The van der Waals surface area contributed by atoms with Gasteiger partial charge in [-0.25, -0.2) is 0 Å². The van der Waals surface area contributed by atoms with Crippen molar-refractivity contribution in [2.45, 2.75) is 99.2 Å². The molecule has 0 radical (unpaired) electrons. The summed E-state index contributed by atoms with van der Waals surface area (Å²) in [5, 5.41) is 32.7. The number of ether oxygens (including phenoxy) is 1. The minimum absolute atomic E-state index is 0.120. The second-order valence-electron chi connectivity index (χ2n) is 14.6. The van der Waals surface area contributed by atoms with Gasteiger partial charge < -0.3 is 20.1 Å². The van der Waals surface area contributed by atoms with E-state index in [1.165, 1.54) is 5.57 Å². The van der Waals surface area contributed by atoms with Crippen LogP contribution in [0.15, 0.2) is 11.6 Å². The van der Waals surface area contributed by atoms with Gasteiger partial charge in [-0.1, -0.05) is 60.1 Å². The van der Waals surface area contributed by atoms with Crippen molar-refractivity contribution in [1.29, 1.82) is 0 Å². The molecule has 5 rings (SSSR count). The molecule has 0 aromatic heterocycles. The lowest BCUT2D eigenvalue weighted by molar-refractivity contribution is -0.253. The Labute approximate surface area is 211 Å². The molecule has 198 valence electrons. The van der Waals surface area contributed by atoms with Gasteiger partial charge in [0.15, 0.2) is 0 Å². The predicted molar refractivity (Wildman–Crippen MR) is 136 cm³/mol. The molecule has 0 amide bonds. The van der Waals surface area contributed by atoms with Crippen molar-refractivity contribution in [2.75, 3.05) is 13.2 Å². The van der Waals surface area contributed by atoms with Crippen LogP contribution in [0.3, 0.4) is 0 Å². The van der Waals surface area contributed by atoms with Crippen LogP contribution in [0.4, 0.5) is 0 Å². The van der Waals surface area contributed by atoms with Crippen LogP contribution in [0.5, 0.6) is 0 Å². The summed E-state index contributed by atoms with van der Waals surface area (Å²) in [5.41, 5.74) is 0.0277. The van der Waals surface area contributed by atoms with Crippen molar-refractivity contribution in [2.24, 2.45) is 56.7 Å². The molecule has 1 unspecified atom stereocenters. The topological polar surface area (TPSA) is 87.0 Å². The molecule has 5 nitrogen and oxygen atoms in total. The maximum absolute atomic E-state index is 13.1. The van der Waals surface area contributed by atoms with E-state index >= 15 is 0 Å². The third kappa shape index (κ3) is 3.01. The Morgan fingerprint density at radius 3 is 2.34 bits per heavy atom. The summed E-state index contributed by atoms with van der Waals surface area (Å²) in [6.45, 7) is 16.8. The van der Waals surface area contributed by atoms with E-state index in [4.69, 9.17) is 4.74 Å². The number of aliphatic hydroxyl groups is 2. The molecule has 1 aliphatic heterocycles. The molecule has 1 heterocycles. The normalized spacial score (nSPS) is 54.2. The van der Waals surface area contributed by atoms with Gasteiger partial charge in [-0.05, 0) is 78.4 Å². The Balaban J connectivity index is 1.62. The summed E-state index contributed by atoms with van der Waals surface area (Å²) < 4.78 is 6.21. The van der Waals surface area contributed by atoms with Gasteiger partial charge in [-0.2, -0.15) is 0 Å². The zero-order valence-corrected chi connectivity index (χ0v) is 22.9. The first-order valence-corrected chi connectivity index (χ1v) is 14.1. The second kappa shape index (κ2) is 7.80. The largest absolute Gasteiger partial charge is 0.481 e. The number of carboxylic acids is 1. The van der Waals surface area contributed by atoms with E-state index in [1.54, 1.807) is 0 Å². The number of aliphatic carboxylic acids is 1. The Morgan fingerprint density at radius 1 is 1.03 bits per heavy atom. The van der Waals surface area contributed by atoms with Crippen LogP contribution >= 0.6 is 0 Å². The molecule has 35 heavy (non-hydrogen) atoms. The summed E-state index contributed by atoms with van der Waals surface area (Å²) in [7, 11) is 0. The number of fused-ring (bicyclic) bond motifs is 3. The molecule has 5 heteroatoms. The molecule has 4 fully saturated rings. The van der Waals surface area contributed by atoms with Crippen LogP contribution in [0.1, 0.15) is 87.0 Å². The van der Waals surface area contributed by atoms with Gasteiger partial charge in [0.1, 0.15) is 0 Å². The maximum Gasteiger partial charge on any atom is 0.307 e. The third-order valence-corrected chi connectivity index (χ3v) is 13.1.